The average molecular weight is 219 g/mol. The minimum atomic E-state index is -0.660. The average Bonchev–Trinajstić information content (AvgIpc) is 2.11. The van der Waals surface area contributed by atoms with E-state index in [4.69, 9.17) is 9.47 Å². The van der Waals surface area contributed by atoms with Crippen LogP contribution in [-0.4, -0.2) is 43.3 Å². The standard InChI is InChI=1S/C11H25NO3/c1-5-14-10(15-6-2)7-8-12-9-11(3,4)13/h10,12-13H,5-9H2,1-4H3. The van der Waals surface area contributed by atoms with Crippen molar-refractivity contribution in [1.82, 2.24) is 5.32 Å². The van der Waals surface area contributed by atoms with Crippen molar-refractivity contribution >= 4 is 0 Å². The molecule has 0 aliphatic rings. The summed E-state index contributed by atoms with van der Waals surface area (Å²) in [4.78, 5) is 0. The molecule has 0 saturated carbocycles. The van der Waals surface area contributed by atoms with Crippen LogP contribution in [0.5, 0.6) is 0 Å². The van der Waals surface area contributed by atoms with E-state index >= 15 is 0 Å². The zero-order chi connectivity index (χ0) is 11.7. The third kappa shape index (κ3) is 10.1. The fourth-order valence-electron chi connectivity index (χ4n) is 1.20. The summed E-state index contributed by atoms with van der Waals surface area (Å²) in [6.07, 6.45) is 0.673. The first-order valence-electron chi connectivity index (χ1n) is 5.66. The Hall–Kier alpha value is -0.160. The molecule has 0 heterocycles. The first-order valence-corrected chi connectivity index (χ1v) is 5.66. The van der Waals surface area contributed by atoms with Crippen LogP contribution >= 0.6 is 0 Å². The van der Waals surface area contributed by atoms with E-state index in [1.807, 2.05) is 13.8 Å². The van der Waals surface area contributed by atoms with Crippen LogP contribution in [0.1, 0.15) is 34.1 Å². The summed E-state index contributed by atoms with van der Waals surface area (Å²) in [6.45, 7) is 10.2. The van der Waals surface area contributed by atoms with Gasteiger partial charge < -0.3 is 19.9 Å². The molecule has 0 aromatic carbocycles. The van der Waals surface area contributed by atoms with E-state index in [1.165, 1.54) is 0 Å². The number of rotatable bonds is 9. The fraction of sp³-hybridized carbons (Fsp3) is 1.00. The van der Waals surface area contributed by atoms with Gasteiger partial charge in [-0.15, -0.1) is 0 Å². The molecular weight excluding hydrogens is 194 g/mol. The Kier molecular flexibility index (Phi) is 7.96. The van der Waals surface area contributed by atoms with E-state index in [0.717, 1.165) is 13.0 Å². The van der Waals surface area contributed by atoms with Gasteiger partial charge in [-0.1, -0.05) is 0 Å². The van der Waals surface area contributed by atoms with Crippen molar-refractivity contribution in [2.45, 2.75) is 46.0 Å². The Bertz CT molecular complexity index is 139. The second kappa shape index (κ2) is 8.05. The van der Waals surface area contributed by atoms with Gasteiger partial charge in [0.1, 0.15) is 0 Å². The number of hydrogen-bond acceptors (Lipinski definition) is 4. The Morgan fingerprint density at radius 3 is 2.13 bits per heavy atom. The first-order chi connectivity index (χ1) is 6.99. The maximum Gasteiger partial charge on any atom is 0.158 e. The highest BCUT2D eigenvalue weighted by molar-refractivity contribution is 4.68. The van der Waals surface area contributed by atoms with E-state index in [1.54, 1.807) is 13.8 Å². The van der Waals surface area contributed by atoms with Gasteiger partial charge in [0, 0.05) is 32.7 Å². The molecule has 0 unspecified atom stereocenters. The Labute approximate surface area is 93.0 Å². The molecule has 0 aromatic rings. The molecule has 0 aliphatic carbocycles. The molecule has 4 nitrogen and oxygen atoms in total. The van der Waals surface area contributed by atoms with Crippen molar-refractivity contribution in [1.29, 1.82) is 0 Å². The molecule has 0 aliphatic heterocycles. The highest BCUT2D eigenvalue weighted by atomic mass is 16.7. The topological polar surface area (TPSA) is 50.7 Å². The van der Waals surface area contributed by atoms with Gasteiger partial charge in [0.05, 0.1) is 5.60 Å². The number of aliphatic hydroxyl groups is 1. The van der Waals surface area contributed by atoms with Crippen molar-refractivity contribution in [2.24, 2.45) is 0 Å². The molecule has 0 radical (unpaired) electrons. The molecule has 0 saturated heterocycles. The van der Waals surface area contributed by atoms with Gasteiger partial charge in [-0.3, -0.25) is 0 Å². The smallest absolute Gasteiger partial charge is 0.158 e. The summed E-state index contributed by atoms with van der Waals surface area (Å²) < 4.78 is 10.8. The van der Waals surface area contributed by atoms with E-state index < -0.39 is 5.60 Å². The Morgan fingerprint density at radius 1 is 1.20 bits per heavy atom. The third-order valence-corrected chi connectivity index (χ3v) is 1.82. The lowest BCUT2D eigenvalue weighted by molar-refractivity contribution is -0.138. The lowest BCUT2D eigenvalue weighted by atomic mass is 10.1. The molecule has 4 heteroatoms. The predicted molar refractivity (Wildman–Crippen MR) is 60.8 cm³/mol. The molecule has 0 spiro atoms. The molecule has 0 fully saturated rings. The Balaban J connectivity index is 3.52. The molecule has 0 aromatic heterocycles. The van der Waals surface area contributed by atoms with E-state index in [2.05, 4.69) is 5.32 Å². The maximum absolute atomic E-state index is 9.46. The summed E-state index contributed by atoms with van der Waals surface area (Å²) in [5.74, 6) is 0. The van der Waals surface area contributed by atoms with Crippen LogP contribution in [0.15, 0.2) is 0 Å². The van der Waals surface area contributed by atoms with Gasteiger partial charge in [-0.05, 0) is 27.7 Å². The minimum absolute atomic E-state index is 0.130. The van der Waals surface area contributed by atoms with Crippen molar-refractivity contribution in [3.63, 3.8) is 0 Å². The van der Waals surface area contributed by atoms with Gasteiger partial charge in [0.2, 0.25) is 0 Å². The lowest BCUT2D eigenvalue weighted by Crippen LogP contribution is -2.36. The SMILES string of the molecule is CCOC(CCNCC(C)(C)O)OCC. The van der Waals surface area contributed by atoms with E-state index in [0.29, 0.717) is 19.8 Å². The fourth-order valence-corrected chi connectivity index (χ4v) is 1.20. The van der Waals surface area contributed by atoms with E-state index in [-0.39, 0.29) is 6.29 Å². The van der Waals surface area contributed by atoms with Crippen LogP contribution < -0.4 is 5.32 Å². The molecule has 0 bridgehead atoms. The van der Waals surface area contributed by atoms with Crippen molar-refractivity contribution in [2.75, 3.05) is 26.3 Å². The van der Waals surface area contributed by atoms with Crippen molar-refractivity contribution in [3.05, 3.63) is 0 Å². The predicted octanol–water partition coefficient (Wildman–Crippen LogP) is 1.14. The molecule has 15 heavy (non-hydrogen) atoms. The highest BCUT2D eigenvalue weighted by Crippen LogP contribution is 2.01. The van der Waals surface area contributed by atoms with Crippen LogP contribution in [0.2, 0.25) is 0 Å². The van der Waals surface area contributed by atoms with Crippen LogP contribution in [0, 0.1) is 0 Å². The molecule has 0 amide bonds. The number of ether oxygens (including phenoxy) is 2. The first kappa shape index (κ1) is 14.8. The summed E-state index contributed by atoms with van der Waals surface area (Å²) in [7, 11) is 0. The minimum Gasteiger partial charge on any atom is -0.389 e. The van der Waals surface area contributed by atoms with Gasteiger partial charge in [0.25, 0.3) is 0 Å². The molecule has 0 atom stereocenters. The molecule has 2 N–H and O–H groups in total. The number of hydrogen-bond donors (Lipinski definition) is 2. The monoisotopic (exact) mass is 219 g/mol. The zero-order valence-corrected chi connectivity index (χ0v) is 10.4. The normalized spacial score (nSPS) is 12.4. The quantitative estimate of drug-likeness (QED) is 0.451. The summed E-state index contributed by atoms with van der Waals surface area (Å²) in [5, 5.41) is 12.6. The summed E-state index contributed by atoms with van der Waals surface area (Å²) >= 11 is 0. The Morgan fingerprint density at radius 2 is 1.73 bits per heavy atom. The summed E-state index contributed by atoms with van der Waals surface area (Å²) in [5.41, 5.74) is -0.660. The molecule has 0 rings (SSSR count). The largest absolute Gasteiger partial charge is 0.389 e. The van der Waals surface area contributed by atoms with Gasteiger partial charge >= 0.3 is 0 Å². The van der Waals surface area contributed by atoms with Gasteiger partial charge in [0.15, 0.2) is 6.29 Å². The number of nitrogens with one attached hydrogen (secondary N) is 1. The van der Waals surface area contributed by atoms with Crippen molar-refractivity contribution in [3.8, 4) is 0 Å². The van der Waals surface area contributed by atoms with Crippen LogP contribution in [0.4, 0.5) is 0 Å². The lowest BCUT2D eigenvalue weighted by Gasteiger charge is -2.20. The van der Waals surface area contributed by atoms with Gasteiger partial charge in [-0.2, -0.15) is 0 Å². The van der Waals surface area contributed by atoms with Gasteiger partial charge in [-0.25, -0.2) is 0 Å². The maximum atomic E-state index is 9.46. The van der Waals surface area contributed by atoms with E-state index in [9.17, 15) is 5.11 Å². The summed E-state index contributed by atoms with van der Waals surface area (Å²) in [6, 6.07) is 0. The third-order valence-electron chi connectivity index (χ3n) is 1.82. The van der Waals surface area contributed by atoms with Crippen LogP contribution in [-0.2, 0) is 9.47 Å². The molecular formula is C11H25NO3. The van der Waals surface area contributed by atoms with Crippen LogP contribution in [0.3, 0.4) is 0 Å². The second-order valence-corrected chi connectivity index (χ2v) is 4.12. The van der Waals surface area contributed by atoms with Crippen LogP contribution in [0.25, 0.3) is 0 Å². The highest BCUT2D eigenvalue weighted by Gasteiger charge is 2.12. The molecule has 92 valence electrons. The second-order valence-electron chi connectivity index (χ2n) is 4.12. The van der Waals surface area contributed by atoms with Crippen molar-refractivity contribution < 1.29 is 14.6 Å². The zero-order valence-electron chi connectivity index (χ0n) is 10.4.